The van der Waals surface area contributed by atoms with Gasteiger partial charge in [0.15, 0.2) is 0 Å². The summed E-state index contributed by atoms with van der Waals surface area (Å²) in [6.45, 7) is 3.38. The summed E-state index contributed by atoms with van der Waals surface area (Å²) in [4.78, 5) is 17.0. The van der Waals surface area contributed by atoms with Crippen molar-refractivity contribution in [3.63, 3.8) is 0 Å². The molecule has 21 heavy (non-hydrogen) atoms. The first-order valence-corrected chi connectivity index (χ1v) is 7.71. The Labute approximate surface area is 125 Å². The van der Waals surface area contributed by atoms with Crippen LogP contribution < -0.4 is 0 Å². The maximum absolute atomic E-state index is 12.7. The second-order valence-corrected chi connectivity index (χ2v) is 6.02. The van der Waals surface area contributed by atoms with Gasteiger partial charge >= 0.3 is 0 Å². The first-order valence-electron chi connectivity index (χ1n) is 7.71. The zero-order valence-corrected chi connectivity index (χ0v) is 12.9. The molecule has 1 amide bonds. The Balaban J connectivity index is 1.72. The monoisotopic (exact) mass is 292 g/mol. The van der Waals surface area contributed by atoms with Gasteiger partial charge in [-0.3, -0.25) is 14.4 Å². The third kappa shape index (κ3) is 2.96. The van der Waals surface area contributed by atoms with Crippen molar-refractivity contribution < 1.29 is 9.53 Å². The van der Waals surface area contributed by atoms with Crippen LogP contribution in [0.5, 0.6) is 0 Å². The summed E-state index contributed by atoms with van der Waals surface area (Å²) in [5.74, 6) is 0.272. The highest BCUT2D eigenvalue weighted by atomic mass is 16.5. The van der Waals surface area contributed by atoms with E-state index in [-0.39, 0.29) is 18.1 Å². The summed E-state index contributed by atoms with van der Waals surface area (Å²) in [5.41, 5.74) is 1.13. The lowest BCUT2D eigenvalue weighted by Crippen LogP contribution is -2.44. The van der Waals surface area contributed by atoms with Crippen molar-refractivity contribution in [3.8, 4) is 0 Å². The van der Waals surface area contributed by atoms with E-state index in [4.69, 9.17) is 4.74 Å². The van der Waals surface area contributed by atoms with Crippen molar-refractivity contribution in [2.45, 2.75) is 38.0 Å². The molecule has 6 heteroatoms. The number of ether oxygens (including phenoxy) is 1. The molecule has 2 atom stereocenters. The number of rotatable bonds is 4. The van der Waals surface area contributed by atoms with Gasteiger partial charge in [0, 0.05) is 46.5 Å². The van der Waals surface area contributed by atoms with E-state index in [1.807, 2.05) is 22.7 Å². The average Bonchev–Trinajstić information content (AvgIpc) is 3.20. The molecule has 116 valence electrons. The van der Waals surface area contributed by atoms with Crippen molar-refractivity contribution in [1.82, 2.24) is 19.6 Å². The van der Waals surface area contributed by atoms with Gasteiger partial charge in [0.25, 0.3) is 0 Å². The van der Waals surface area contributed by atoms with Gasteiger partial charge in [-0.05, 0) is 25.3 Å². The van der Waals surface area contributed by atoms with Crippen LogP contribution >= 0.6 is 0 Å². The number of aromatic nitrogens is 2. The molecule has 0 bridgehead atoms. The largest absolute Gasteiger partial charge is 0.380 e. The first-order chi connectivity index (χ1) is 10.2. The lowest BCUT2D eigenvalue weighted by molar-refractivity contribution is -0.135. The van der Waals surface area contributed by atoms with Gasteiger partial charge in [0.1, 0.15) is 0 Å². The second-order valence-electron chi connectivity index (χ2n) is 6.02. The van der Waals surface area contributed by atoms with Crippen LogP contribution in [0.4, 0.5) is 0 Å². The quantitative estimate of drug-likeness (QED) is 0.817. The predicted octanol–water partition coefficient (Wildman–Crippen LogP) is 0.632. The van der Waals surface area contributed by atoms with Gasteiger partial charge in [-0.1, -0.05) is 0 Å². The van der Waals surface area contributed by atoms with Gasteiger partial charge in [-0.15, -0.1) is 0 Å². The summed E-state index contributed by atoms with van der Waals surface area (Å²) >= 11 is 0. The Hall–Kier alpha value is -1.40. The van der Waals surface area contributed by atoms with Crippen LogP contribution in [0.25, 0.3) is 0 Å². The number of aryl methyl sites for hydroxylation is 1. The molecule has 3 rings (SSSR count). The Bertz CT molecular complexity index is 496. The summed E-state index contributed by atoms with van der Waals surface area (Å²) in [6.07, 6.45) is 5.01. The standard InChI is InChI=1S/C15H24N4O2/c1-17-12(5-6-16-17)10-19-11-13(21-2)9-14(19)15(20)18-7-3-4-8-18/h5-6,13-14H,3-4,7-11H2,1-2H3/t13-,14-/m0/s1. The molecule has 2 aliphatic rings. The van der Waals surface area contributed by atoms with Gasteiger partial charge in [0.2, 0.25) is 5.91 Å². The fourth-order valence-corrected chi connectivity index (χ4v) is 3.38. The van der Waals surface area contributed by atoms with E-state index >= 15 is 0 Å². The number of likely N-dealkylation sites (tertiary alicyclic amines) is 2. The number of hydrogen-bond acceptors (Lipinski definition) is 4. The fourth-order valence-electron chi connectivity index (χ4n) is 3.38. The highest BCUT2D eigenvalue weighted by Gasteiger charge is 2.39. The Morgan fingerprint density at radius 3 is 2.81 bits per heavy atom. The molecule has 2 saturated heterocycles. The Kier molecular flexibility index (Phi) is 4.26. The Morgan fingerprint density at radius 2 is 2.19 bits per heavy atom. The number of hydrogen-bond donors (Lipinski definition) is 0. The summed E-state index contributed by atoms with van der Waals surface area (Å²) in [6, 6.07) is 1.96. The number of amides is 1. The minimum atomic E-state index is -0.0528. The normalized spacial score (nSPS) is 26.7. The van der Waals surface area contributed by atoms with E-state index in [1.165, 1.54) is 0 Å². The maximum Gasteiger partial charge on any atom is 0.240 e. The zero-order valence-electron chi connectivity index (χ0n) is 12.9. The van der Waals surface area contributed by atoms with Crippen molar-refractivity contribution >= 4 is 5.91 Å². The molecule has 2 fully saturated rings. The van der Waals surface area contributed by atoms with Crippen molar-refractivity contribution in [3.05, 3.63) is 18.0 Å². The molecule has 1 aromatic heterocycles. The smallest absolute Gasteiger partial charge is 0.240 e. The van der Waals surface area contributed by atoms with E-state index in [0.29, 0.717) is 0 Å². The molecule has 3 heterocycles. The molecule has 0 radical (unpaired) electrons. The first kappa shape index (κ1) is 14.5. The third-order valence-electron chi connectivity index (χ3n) is 4.69. The number of nitrogens with zero attached hydrogens (tertiary/aromatic N) is 4. The Morgan fingerprint density at radius 1 is 1.43 bits per heavy atom. The molecular weight excluding hydrogens is 268 g/mol. The van der Waals surface area contributed by atoms with Crippen molar-refractivity contribution in [2.75, 3.05) is 26.7 Å². The van der Waals surface area contributed by atoms with Crippen molar-refractivity contribution in [2.24, 2.45) is 7.05 Å². The predicted molar refractivity (Wildman–Crippen MR) is 78.6 cm³/mol. The van der Waals surface area contributed by atoms with Crippen LogP contribution in [0.1, 0.15) is 25.0 Å². The van der Waals surface area contributed by atoms with Crippen LogP contribution in [0.15, 0.2) is 12.3 Å². The molecule has 6 nitrogen and oxygen atoms in total. The van der Waals surface area contributed by atoms with Crippen LogP contribution in [-0.2, 0) is 23.1 Å². The lowest BCUT2D eigenvalue weighted by atomic mass is 10.1. The van der Waals surface area contributed by atoms with Gasteiger partial charge in [-0.2, -0.15) is 5.10 Å². The number of carbonyl (C=O) groups excluding carboxylic acids is 1. The minimum absolute atomic E-state index is 0.0528. The fraction of sp³-hybridized carbons (Fsp3) is 0.733. The lowest BCUT2D eigenvalue weighted by Gasteiger charge is -2.27. The van der Waals surface area contributed by atoms with Crippen LogP contribution in [0, 0.1) is 0 Å². The van der Waals surface area contributed by atoms with Gasteiger partial charge < -0.3 is 9.64 Å². The molecule has 0 aromatic carbocycles. The summed E-state index contributed by atoms with van der Waals surface area (Å²) < 4.78 is 7.37. The van der Waals surface area contributed by atoms with Gasteiger partial charge in [-0.25, -0.2) is 0 Å². The molecule has 0 spiro atoms. The van der Waals surface area contributed by atoms with Crippen LogP contribution in [0.2, 0.25) is 0 Å². The molecule has 0 aliphatic carbocycles. The highest BCUT2D eigenvalue weighted by Crippen LogP contribution is 2.25. The molecule has 0 saturated carbocycles. The molecule has 1 aromatic rings. The molecular formula is C15H24N4O2. The van der Waals surface area contributed by atoms with Crippen LogP contribution in [0.3, 0.4) is 0 Å². The zero-order chi connectivity index (χ0) is 14.8. The topological polar surface area (TPSA) is 50.6 Å². The number of carbonyl (C=O) groups is 1. The second kappa shape index (κ2) is 6.15. The maximum atomic E-state index is 12.7. The van der Waals surface area contributed by atoms with Gasteiger partial charge in [0.05, 0.1) is 17.8 Å². The SMILES string of the molecule is CO[C@H]1C[C@@H](C(=O)N2CCCC2)N(Cc2ccnn2C)C1. The average molecular weight is 292 g/mol. The van der Waals surface area contributed by atoms with E-state index in [2.05, 4.69) is 10.00 Å². The molecule has 0 N–H and O–H groups in total. The molecule has 2 aliphatic heterocycles. The number of methoxy groups -OCH3 is 1. The van der Waals surface area contributed by atoms with E-state index in [0.717, 1.165) is 51.1 Å². The van der Waals surface area contributed by atoms with E-state index in [1.54, 1.807) is 13.3 Å². The third-order valence-corrected chi connectivity index (χ3v) is 4.69. The van der Waals surface area contributed by atoms with E-state index in [9.17, 15) is 4.79 Å². The van der Waals surface area contributed by atoms with Crippen LogP contribution in [-0.4, -0.2) is 64.4 Å². The van der Waals surface area contributed by atoms with E-state index < -0.39 is 0 Å². The summed E-state index contributed by atoms with van der Waals surface area (Å²) in [7, 11) is 3.67. The summed E-state index contributed by atoms with van der Waals surface area (Å²) in [5, 5.41) is 4.21. The van der Waals surface area contributed by atoms with Crippen molar-refractivity contribution in [1.29, 1.82) is 0 Å². The molecule has 0 unspecified atom stereocenters. The highest BCUT2D eigenvalue weighted by molar-refractivity contribution is 5.82. The minimum Gasteiger partial charge on any atom is -0.380 e.